The van der Waals surface area contributed by atoms with Crippen molar-refractivity contribution < 1.29 is 13.9 Å². The maximum Gasteiger partial charge on any atom is 0.219 e. The van der Waals surface area contributed by atoms with Crippen LogP contribution >= 0.6 is 0 Å². The predicted molar refractivity (Wildman–Crippen MR) is 106 cm³/mol. The normalized spacial score (nSPS) is 25.3. The lowest BCUT2D eigenvalue weighted by molar-refractivity contribution is -0.130. The highest BCUT2D eigenvalue weighted by atomic mass is 16.5. The van der Waals surface area contributed by atoms with Gasteiger partial charge in [-0.15, -0.1) is 0 Å². The second-order valence-corrected chi connectivity index (χ2v) is 7.99. The fourth-order valence-corrected chi connectivity index (χ4v) is 4.26. The zero-order chi connectivity index (χ0) is 19.3. The van der Waals surface area contributed by atoms with Crippen LogP contribution in [0.3, 0.4) is 0 Å². The maximum atomic E-state index is 12.2. The molecule has 146 valence electrons. The van der Waals surface area contributed by atoms with Gasteiger partial charge in [0.25, 0.3) is 0 Å². The largest absolute Gasteiger partial charge is 0.467 e. The Morgan fingerprint density at radius 3 is 2.59 bits per heavy atom. The Balaban J connectivity index is 1.82. The summed E-state index contributed by atoms with van der Waals surface area (Å²) in [5.41, 5.74) is 1.27. The van der Waals surface area contributed by atoms with Crippen LogP contribution in [0.15, 0.2) is 53.1 Å². The van der Waals surface area contributed by atoms with E-state index in [0.717, 1.165) is 38.1 Å². The van der Waals surface area contributed by atoms with Gasteiger partial charge in [0, 0.05) is 25.5 Å². The average molecular weight is 370 g/mol. The number of amides is 1. The quantitative estimate of drug-likeness (QED) is 0.694. The molecule has 1 aromatic carbocycles. The monoisotopic (exact) mass is 369 g/mol. The average Bonchev–Trinajstić information content (AvgIpc) is 3.19. The number of benzene rings is 1. The van der Waals surface area contributed by atoms with E-state index in [1.54, 1.807) is 13.2 Å². The Hall–Kier alpha value is -2.07. The van der Waals surface area contributed by atoms with E-state index in [1.807, 2.05) is 17.0 Å². The van der Waals surface area contributed by atoms with Crippen LogP contribution in [0.4, 0.5) is 0 Å². The number of carbonyl (C=O) groups is 1. The van der Waals surface area contributed by atoms with Crippen LogP contribution in [0, 0.1) is 0 Å². The van der Waals surface area contributed by atoms with E-state index in [-0.39, 0.29) is 16.9 Å². The molecular weight excluding hydrogens is 338 g/mol. The summed E-state index contributed by atoms with van der Waals surface area (Å²) in [5.74, 6) is 0.907. The Kier molecular flexibility index (Phi) is 6.05. The first-order valence-electron chi connectivity index (χ1n) is 9.94. The minimum Gasteiger partial charge on any atom is -0.467 e. The van der Waals surface area contributed by atoms with Gasteiger partial charge in [0.2, 0.25) is 5.91 Å². The second-order valence-electron chi connectivity index (χ2n) is 7.99. The predicted octanol–water partition coefficient (Wildman–Crippen LogP) is 4.94. The molecule has 4 nitrogen and oxygen atoms in total. The molecule has 0 saturated carbocycles. The van der Waals surface area contributed by atoms with Crippen molar-refractivity contribution in [3.8, 4) is 0 Å². The Bertz CT molecular complexity index is 727. The zero-order valence-corrected chi connectivity index (χ0v) is 16.7. The van der Waals surface area contributed by atoms with Crippen molar-refractivity contribution in [2.45, 2.75) is 64.0 Å². The van der Waals surface area contributed by atoms with Crippen LogP contribution in [-0.4, -0.2) is 29.6 Å². The molecule has 27 heavy (non-hydrogen) atoms. The molecule has 3 rings (SSSR count). The first-order valence-corrected chi connectivity index (χ1v) is 9.94. The van der Waals surface area contributed by atoms with Gasteiger partial charge in [-0.2, -0.15) is 0 Å². The van der Waals surface area contributed by atoms with Crippen molar-refractivity contribution in [1.82, 2.24) is 4.90 Å². The molecule has 0 aliphatic carbocycles. The van der Waals surface area contributed by atoms with Gasteiger partial charge in [0.15, 0.2) is 0 Å². The Morgan fingerprint density at radius 1 is 1.19 bits per heavy atom. The Morgan fingerprint density at radius 2 is 1.96 bits per heavy atom. The Labute approximate surface area is 162 Å². The van der Waals surface area contributed by atoms with Crippen LogP contribution in [0.2, 0.25) is 0 Å². The van der Waals surface area contributed by atoms with Gasteiger partial charge in [0.05, 0.1) is 18.4 Å². The van der Waals surface area contributed by atoms with E-state index in [4.69, 9.17) is 9.15 Å². The maximum absolute atomic E-state index is 12.2. The van der Waals surface area contributed by atoms with Crippen molar-refractivity contribution in [3.63, 3.8) is 0 Å². The minimum atomic E-state index is -0.115. The number of furan rings is 1. The lowest BCUT2D eigenvalue weighted by atomic mass is 9.66. The van der Waals surface area contributed by atoms with Crippen molar-refractivity contribution in [2.24, 2.45) is 0 Å². The van der Waals surface area contributed by atoms with Crippen molar-refractivity contribution in [2.75, 3.05) is 13.2 Å². The van der Waals surface area contributed by atoms with E-state index < -0.39 is 0 Å². The van der Waals surface area contributed by atoms with Gasteiger partial charge in [-0.25, -0.2) is 0 Å². The molecule has 1 saturated heterocycles. The summed E-state index contributed by atoms with van der Waals surface area (Å²) < 4.78 is 11.6. The first-order chi connectivity index (χ1) is 13.0. The highest BCUT2D eigenvalue weighted by Crippen LogP contribution is 2.45. The van der Waals surface area contributed by atoms with E-state index >= 15 is 0 Å². The molecule has 0 bridgehead atoms. The van der Waals surface area contributed by atoms with Crippen LogP contribution < -0.4 is 0 Å². The fourth-order valence-electron chi connectivity index (χ4n) is 4.26. The molecule has 0 N–H and O–H groups in total. The number of nitrogens with zero attached hydrogens (tertiary/aromatic N) is 1. The number of hydrogen-bond acceptors (Lipinski definition) is 3. The van der Waals surface area contributed by atoms with Crippen LogP contribution in [-0.2, 0) is 21.5 Å². The summed E-state index contributed by atoms with van der Waals surface area (Å²) >= 11 is 0. The molecule has 2 aromatic rings. The molecule has 4 heteroatoms. The van der Waals surface area contributed by atoms with Gasteiger partial charge in [-0.05, 0) is 50.3 Å². The lowest BCUT2D eigenvalue weighted by Crippen LogP contribution is -2.47. The SMILES string of the molecule is CC[C@@]1(C)C[C@](CCN(Cc2ccco2)C(C)=O)(c2ccccc2)CCO1. The highest BCUT2D eigenvalue weighted by molar-refractivity contribution is 5.73. The van der Waals surface area contributed by atoms with Crippen molar-refractivity contribution in [1.29, 1.82) is 0 Å². The number of ether oxygens (including phenoxy) is 1. The molecule has 1 aliphatic rings. The van der Waals surface area contributed by atoms with Gasteiger partial charge >= 0.3 is 0 Å². The fraction of sp³-hybridized carbons (Fsp3) is 0.522. The first kappa shape index (κ1) is 19.7. The molecule has 2 atom stereocenters. The molecule has 1 aromatic heterocycles. The third-order valence-electron chi connectivity index (χ3n) is 6.11. The standard InChI is InChI=1S/C23H31NO3/c1-4-22(3)18-23(13-16-27-22,20-9-6-5-7-10-20)12-14-24(19(2)25)17-21-11-8-15-26-21/h5-11,15H,4,12-14,16-18H2,1-3H3/t22-,23+/m0/s1. The summed E-state index contributed by atoms with van der Waals surface area (Å²) in [6.45, 7) is 8.05. The molecule has 1 aliphatic heterocycles. The highest BCUT2D eigenvalue weighted by Gasteiger charge is 2.43. The third-order valence-corrected chi connectivity index (χ3v) is 6.11. The summed E-state index contributed by atoms with van der Waals surface area (Å²) in [7, 11) is 0. The van der Waals surface area contributed by atoms with Gasteiger partial charge in [-0.1, -0.05) is 37.3 Å². The second kappa shape index (κ2) is 8.30. The van der Waals surface area contributed by atoms with Gasteiger partial charge in [-0.3, -0.25) is 4.79 Å². The smallest absolute Gasteiger partial charge is 0.219 e. The van der Waals surface area contributed by atoms with Gasteiger partial charge < -0.3 is 14.1 Å². The lowest BCUT2D eigenvalue weighted by Gasteiger charge is -2.47. The third kappa shape index (κ3) is 4.62. The van der Waals surface area contributed by atoms with E-state index in [1.165, 1.54) is 5.56 Å². The zero-order valence-electron chi connectivity index (χ0n) is 16.7. The van der Waals surface area contributed by atoms with Crippen molar-refractivity contribution in [3.05, 3.63) is 60.1 Å². The summed E-state index contributed by atoms with van der Waals surface area (Å²) in [5, 5.41) is 0. The van der Waals surface area contributed by atoms with Crippen molar-refractivity contribution >= 4 is 5.91 Å². The molecule has 0 spiro atoms. The summed E-state index contributed by atoms with van der Waals surface area (Å²) in [6, 6.07) is 14.5. The summed E-state index contributed by atoms with van der Waals surface area (Å²) in [6.07, 6.45) is 5.54. The van der Waals surface area contributed by atoms with E-state index in [0.29, 0.717) is 13.1 Å². The van der Waals surface area contributed by atoms with E-state index in [2.05, 4.69) is 44.2 Å². The van der Waals surface area contributed by atoms with Crippen LogP contribution in [0.25, 0.3) is 0 Å². The molecule has 0 unspecified atom stereocenters. The van der Waals surface area contributed by atoms with Crippen LogP contribution in [0.5, 0.6) is 0 Å². The van der Waals surface area contributed by atoms with Gasteiger partial charge in [0.1, 0.15) is 5.76 Å². The molecular formula is C23H31NO3. The topological polar surface area (TPSA) is 42.7 Å². The number of hydrogen-bond donors (Lipinski definition) is 0. The molecule has 1 fully saturated rings. The van der Waals surface area contributed by atoms with E-state index in [9.17, 15) is 4.79 Å². The van der Waals surface area contributed by atoms with Crippen LogP contribution in [0.1, 0.15) is 57.8 Å². The molecule has 0 radical (unpaired) electrons. The molecule has 1 amide bonds. The molecule has 2 heterocycles. The number of rotatable bonds is 7. The number of carbonyl (C=O) groups excluding carboxylic acids is 1. The minimum absolute atomic E-state index is 0.0289. The summed E-state index contributed by atoms with van der Waals surface area (Å²) in [4.78, 5) is 14.1.